The second-order valence-corrected chi connectivity index (χ2v) is 23.3. The fourth-order valence-corrected chi connectivity index (χ4v) is 13.0. The molecule has 0 amide bonds. The molecule has 0 fully saturated rings. The molecule has 18 aromatic rings. The van der Waals surface area contributed by atoms with Crippen molar-refractivity contribution in [2.45, 2.75) is 0 Å². The standard InChI is InChI=1S/2C46H32N2/c2*1-3-12-33(13-4-1)35-22-26-40(27-23-35)47(42-28-24-34-14-7-8-15-36(34)30-42)41-19-11-16-37(31-41)38-25-29-46-44(32-38)43-20-9-10-21-45(43)48(46)39-17-5-2-6-18-39/h2*1-32H/i7D,8D,11D,14D,15D,16D,19D,24D,28D,30D,31D;11D,16D,19D,31D. The maximum Gasteiger partial charge on any atom is 0.0651 e. The Morgan fingerprint density at radius 2 is 0.604 bits per heavy atom. The van der Waals surface area contributed by atoms with E-state index in [1.165, 1.54) is 4.90 Å². The molecule has 0 bridgehead atoms. The van der Waals surface area contributed by atoms with E-state index in [-0.39, 0.29) is 75.3 Å². The van der Waals surface area contributed by atoms with E-state index in [9.17, 15) is 9.60 Å². The summed E-state index contributed by atoms with van der Waals surface area (Å²) in [6, 6.07) is 90.6. The summed E-state index contributed by atoms with van der Waals surface area (Å²) in [5, 5.41) is 5.32. The van der Waals surface area contributed by atoms with Crippen molar-refractivity contribution in [3.63, 3.8) is 0 Å². The quantitative estimate of drug-likeness (QED) is 0.121. The van der Waals surface area contributed by atoms with Crippen molar-refractivity contribution in [1.82, 2.24) is 9.13 Å². The number of hydrogen-bond donors (Lipinski definition) is 0. The molecular weight excluding hydrogens is 1160 g/mol. The van der Waals surface area contributed by atoms with E-state index < -0.39 is 54.4 Å². The summed E-state index contributed by atoms with van der Waals surface area (Å²) in [6.45, 7) is 0. The third-order valence-electron chi connectivity index (χ3n) is 17.5. The molecular formula is C92H64N4. The van der Waals surface area contributed by atoms with Crippen molar-refractivity contribution in [3.05, 3.63) is 388 Å². The average Bonchev–Trinajstić information content (AvgIpc) is 1.41. The predicted molar refractivity (Wildman–Crippen MR) is 408 cm³/mol. The van der Waals surface area contributed by atoms with Crippen LogP contribution in [0, 0.1) is 0 Å². The van der Waals surface area contributed by atoms with Crippen LogP contribution in [0.2, 0.25) is 0 Å². The molecule has 0 aliphatic carbocycles. The minimum absolute atomic E-state index is 0.0254. The number of rotatable bonds is 12. The second kappa shape index (κ2) is 25.0. The van der Waals surface area contributed by atoms with Gasteiger partial charge in [0.15, 0.2) is 0 Å². The van der Waals surface area contributed by atoms with Crippen molar-refractivity contribution in [2.75, 3.05) is 9.80 Å². The summed E-state index contributed by atoms with van der Waals surface area (Å²) < 4.78 is 141. The Morgan fingerprint density at radius 1 is 0.208 bits per heavy atom. The van der Waals surface area contributed by atoms with Gasteiger partial charge in [-0.25, -0.2) is 0 Å². The van der Waals surface area contributed by atoms with Crippen molar-refractivity contribution in [3.8, 4) is 55.9 Å². The highest BCUT2D eigenvalue weighted by Crippen LogP contribution is 2.43. The van der Waals surface area contributed by atoms with Crippen LogP contribution in [-0.2, 0) is 0 Å². The van der Waals surface area contributed by atoms with Gasteiger partial charge in [-0.1, -0.05) is 255 Å². The molecule has 0 radical (unpaired) electrons. The monoisotopic (exact) mass is 1240 g/mol. The maximum absolute atomic E-state index is 9.81. The number of para-hydroxylation sites is 4. The van der Waals surface area contributed by atoms with E-state index in [1.807, 2.05) is 223 Å². The van der Waals surface area contributed by atoms with Crippen molar-refractivity contribution < 1.29 is 20.6 Å². The summed E-state index contributed by atoms with van der Waals surface area (Å²) in [5.41, 5.74) is 12.7. The van der Waals surface area contributed by atoms with Crippen LogP contribution in [-0.4, -0.2) is 9.13 Å². The van der Waals surface area contributed by atoms with Crippen molar-refractivity contribution >= 4 is 99.3 Å². The van der Waals surface area contributed by atoms with Crippen molar-refractivity contribution in [2.24, 2.45) is 0 Å². The summed E-state index contributed by atoms with van der Waals surface area (Å²) in [5.74, 6) is 0. The van der Waals surface area contributed by atoms with Crippen LogP contribution >= 0.6 is 0 Å². The number of fused-ring (bicyclic) bond motifs is 8. The van der Waals surface area contributed by atoms with Gasteiger partial charge < -0.3 is 18.9 Å². The molecule has 0 spiro atoms. The van der Waals surface area contributed by atoms with Gasteiger partial charge in [0.2, 0.25) is 0 Å². The van der Waals surface area contributed by atoms with E-state index in [0.29, 0.717) is 16.7 Å². The first-order chi connectivity index (χ1) is 53.9. The minimum Gasteiger partial charge on any atom is -0.310 e. The van der Waals surface area contributed by atoms with Gasteiger partial charge in [-0.2, -0.15) is 0 Å². The zero-order chi connectivity index (χ0) is 76.8. The smallest absolute Gasteiger partial charge is 0.0651 e. The fraction of sp³-hybridized carbons (Fsp3) is 0. The maximum atomic E-state index is 9.81. The highest BCUT2D eigenvalue weighted by atomic mass is 15.1. The fourth-order valence-electron chi connectivity index (χ4n) is 13.0. The molecule has 0 atom stereocenters. The molecule has 0 aliphatic heterocycles. The average molecular weight is 1240 g/mol. The first-order valence-corrected chi connectivity index (χ1v) is 31.7. The molecule has 452 valence electrons. The first-order valence-electron chi connectivity index (χ1n) is 39.2. The lowest BCUT2D eigenvalue weighted by Gasteiger charge is -2.26. The number of hydrogen-bond acceptors (Lipinski definition) is 2. The van der Waals surface area contributed by atoms with E-state index in [2.05, 4.69) is 57.7 Å². The zero-order valence-corrected chi connectivity index (χ0v) is 51.6. The highest BCUT2D eigenvalue weighted by Gasteiger charge is 2.20. The Kier molecular flexibility index (Phi) is 11.3. The van der Waals surface area contributed by atoms with Gasteiger partial charge in [0.05, 0.1) is 42.6 Å². The van der Waals surface area contributed by atoms with E-state index in [0.717, 1.165) is 99.4 Å². The predicted octanol–water partition coefficient (Wildman–Crippen LogP) is 25.5. The summed E-state index contributed by atoms with van der Waals surface area (Å²) in [6.07, 6.45) is 0. The van der Waals surface area contributed by atoms with Crippen LogP contribution in [0.5, 0.6) is 0 Å². The Balaban J connectivity index is 0.000000163. The van der Waals surface area contributed by atoms with Gasteiger partial charge in [0, 0.05) is 67.0 Å². The van der Waals surface area contributed by atoms with Gasteiger partial charge in [-0.3, -0.25) is 0 Å². The Labute approximate surface area is 580 Å². The van der Waals surface area contributed by atoms with Crippen LogP contribution in [0.4, 0.5) is 34.1 Å². The molecule has 2 aromatic heterocycles. The molecule has 0 unspecified atom stereocenters. The third kappa shape index (κ3) is 10.9. The molecule has 0 saturated carbocycles. The van der Waals surface area contributed by atoms with Gasteiger partial charge >= 0.3 is 0 Å². The highest BCUT2D eigenvalue weighted by molar-refractivity contribution is 6.12. The van der Waals surface area contributed by atoms with Gasteiger partial charge in [-0.15, -0.1) is 0 Å². The third-order valence-corrected chi connectivity index (χ3v) is 17.5. The second-order valence-electron chi connectivity index (χ2n) is 23.3. The molecule has 2 heterocycles. The molecule has 96 heavy (non-hydrogen) atoms. The largest absolute Gasteiger partial charge is 0.310 e. The van der Waals surface area contributed by atoms with Gasteiger partial charge in [0.25, 0.3) is 0 Å². The van der Waals surface area contributed by atoms with Gasteiger partial charge in [0.1, 0.15) is 0 Å². The molecule has 4 heteroatoms. The molecule has 0 aliphatic rings. The van der Waals surface area contributed by atoms with Gasteiger partial charge in [-0.05, 0) is 199 Å². The normalized spacial score (nSPS) is 13.5. The van der Waals surface area contributed by atoms with Crippen LogP contribution in [0.25, 0.3) is 121 Å². The zero-order valence-electron chi connectivity index (χ0n) is 66.6. The van der Waals surface area contributed by atoms with E-state index >= 15 is 0 Å². The lowest BCUT2D eigenvalue weighted by Crippen LogP contribution is -2.10. The number of nitrogens with zero attached hydrogens (tertiary/aromatic N) is 4. The Morgan fingerprint density at radius 3 is 1.12 bits per heavy atom. The van der Waals surface area contributed by atoms with Crippen molar-refractivity contribution in [1.29, 1.82) is 0 Å². The van der Waals surface area contributed by atoms with E-state index in [1.54, 1.807) is 30.3 Å². The molecule has 16 aromatic carbocycles. The topological polar surface area (TPSA) is 16.3 Å². The lowest BCUT2D eigenvalue weighted by atomic mass is 10.0. The van der Waals surface area contributed by atoms with Crippen LogP contribution in [0.1, 0.15) is 20.6 Å². The molecule has 4 nitrogen and oxygen atoms in total. The first kappa shape index (κ1) is 43.1. The number of benzene rings is 16. The Hall–Kier alpha value is -12.8. The summed E-state index contributed by atoms with van der Waals surface area (Å²) in [4.78, 5) is 3.18. The van der Waals surface area contributed by atoms with E-state index in [4.69, 9.17) is 11.0 Å². The van der Waals surface area contributed by atoms with Crippen LogP contribution in [0.15, 0.2) is 388 Å². The number of anilines is 6. The Bertz CT molecular complexity index is 6760. The SMILES string of the molecule is [2H]c1c([2H])c(-c2ccc3c(c2)c2ccccc2n3-c2ccccc2)c([2H])c(N(c2ccc(-c3ccccc3)cc2)c2c([2H])c([2H])c3c([2H])c([2H])c([2H])c([2H])c3c2[2H])c1[2H].[2H]c1c([2H])c(-c2ccc3c(c2)c2ccccc2n3-c2ccccc2)c([2H])c(N(c2ccc(-c3ccccc3)cc2)c2ccc3ccccc3c2)c1[2H]. The number of aromatic nitrogens is 2. The van der Waals surface area contributed by atoms with Crippen LogP contribution < -0.4 is 9.80 Å². The molecule has 18 rings (SSSR count). The summed E-state index contributed by atoms with van der Waals surface area (Å²) in [7, 11) is 0. The lowest BCUT2D eigenvalue weighted by molar-refractivity contribution is 1.18. The summed E-state index contributed by atoms with van der Waals surface area (Å²) >= 11 is 0. The molecule has 0 N–H and O–H groups in total. The molecule has 0 saturated heterocycles. The van der Waals surface area contributed by atoms with Crippen LogP contribution in [0.3, 0.4) is 0 Å². The minimum atomic E-state index is -0.612.